The van der Waals surface area contributed by atoms with E-state index in [2.05, 4.69) is 10.4 Å². The highest BCUT2D eigenvalue weighted by atomic mass is 16.4. The first kappa shape index (κ1) is 12.9. The number of aryl methyl sites for hydroxylation is 1. The fourth-order valence-corrected chi connectivity index (χ4v) is 1.87. The molecule has 0 radical (unpaired) electrons. The topological polar surface area (TPSA) is 93.2 Å². The molecule has 0 atom stereocenters. The van der Waals surface area contributed by atoms with E-state index >= 15 is 0 Å². The summed E-state index contributed by atoms with van der Waals surface area (Å²) in [6.07, 6.45) is 2.49. The van der Waals surface area contributed by atoms with Crippen molar-refractivity contribution in [2.75, 3.05) is 17.6 Å². The Labute approximate surface area is 110 Å². The van der Waals surface area contributed by atoms with Gasteiger partial charge in [0.05, 0.1) is 11.3 Å². The molecule has 2 aromatic rings. The number of aromatic nitrogens is 2. The normalized spacial score (nSPS) is 10.4. The molecule has 1 aromatic heterocycles. The Bertz CT molecular complexity index is 592. The maximum Gasteiger partial charge on any atom is 0.337 e. The molecule has 0 saturated carbocycles. The van der Waals surface area contributed by atoms with Gasteiger partial charge in [0.15, 0.2) is 0 Å². The number of hydrogen-bond donors (Lipinski definition) is 3. The SMILES string of the molecule is Cn1nccc1CCNc1cc(N)ccc1C(=O)O. The third-order valence-electron chi connectivity index (χ3n) is 2.89. The van der Waals surface area contributed by atoms with Gasteiger partial charge in [0, 0.05) is 37.6 Å². The predicted molar refractivity (Wildman–Crippen MR) is 73.2 cm³/mol. The van der Waals surface area contributed by atoms with Gasteiger partial charge >= 0.3 is 5.97 Å². The molecule has 0 saturated heterocycles. The number of carboxylic acids is 1. The molecule has 19 heavy (non-hydrogen) atoms. The lowest BCUT2D eigenvalue weighted by molar-refractivity contribution is 0.0698. The highest BCUT2D eigenvalue weighted by Crippen LogP contribution is 2.19. The minimum Gasteiger partial charge on any atom is -0.478 e. The summed E-state index contributed by atoms with van der Waals surface area (Å²) in [7, 11) is 1.87. The number of carboxylic acid groups (broad SMARTS) is 1. The van der Waals surface area contributed by atoms with E-state index in [1.165, 1.54) is 6.07 Å². The van der Waals surface area contributed by atoms with Crippen LogP contribution in [0.1, 0.15) is 16.1 Å². The number of aromatic carboxylic acids is 1. The highest BCUT2D eigenvalue weighted by molar-refractivity contribution is 5.95. The van der Waals surface area contributed by atoms with Crippen LogP contribution in [-0.2, 0) is 13.5 Å². The van der Waals surface area contributed by atoms with Crippen molar-refractivity contribution in [3.05, 3.63) is 41.7 Å². The van der Waals surface area contributed by atoms with E-state index in [1.807, 2.05) is 13.1 Å². The second-order valence-corrected chi connectivity index (χ2v) is 4.23. The van der Waals surface area contributed by atoms with Gasteiger partial charge in [0.2, 0.25) is 0 Å². The van der Waals surface area contributed by atoms with Gasteiger partial charge < -0.3 is 16.2 Å². The summed E-state index contributed by atoms with van der Waals surface area (Å²) in [4.78, 5) is 11.1. The Morgan fingerprint density at radius 1 is 1.47 bits per heavy atom. The number of nitrogens with zero attached hydrogens (tertiary/aromatic N) is 2. The Morgan fingerprint density at radius 3 is 2.89 bits per heavy atom. The minimum atomic E-state index is -0.969. The number of hydrogen-bond acceptors (Lipinski definition) is 4. The number of nitrogens with one attached hydrogen (secondary N) is 1. The molecule has 0 aliphatic rings. The molecular formula is C13H16N4O2. The van der Waals surface area contributed by atoms with Crippen LogP contribution in [0.3, 0.4) is 0 Å². The lowest BCUT2D eigenvalue weighted by Crippen LogP contribution is -2.11. The lowest BCUT2D eigenvalue weighted by atomic mass is 10.1. The molecule has 0 aliphatic carbocycles. The van der Waals surface area contributed by atoms with Crippen molar-refractivity contribution in [2.24, 2.45) is 7.05 Å². The molecule has 0 aliphatic heterocycles. The van der Waals surface area contributed by atoms with E-state index in [1.54, 1.807) is 23.0 Å². The van der Waals surface area contributed by atoms with Crippen LogP contribution in [0.4, 0.5) is 11.4 Å². The predicted octanol–water partition coefficient (Wildman–Crippen LogP) is 1.36. The quantitative estimate of drug-likeness (QED) is 0.706. The molecule has 0 spiro atoms. The maximum absolute atomic E-state index is 11.1. The average Bonchev–Trinajstić information content (AvgIpc) is 2.75. The Balaban J connectivity index is 2.05. The zero-order valence-corrected chi connectivity index (χ0v) is 10.6. The third-order valence-corrected chi connectivity index (χ3v) is 2.89. The minimum absolute atomic E-state index is 0.221. The van der Waals surface area contributed by atoms with Gasteiger partial charge in [-0.05, 0) is 24.3 Å². The molecule has 100 valence electrons. The maximum atomic E-state index is 11.1. The van der Waals surface area contributed by atoms with Crippen molar-refractivity contribution in [3.8, 4) is 0 Å². The van der Waals surface area contributed by atoms with Crippen molar-refractivity contribution in [2.45, 2.75) is 6.42 Å². The summed E-state index contributed by atoms with van der Waals surface area (Å²) in [6.45, 7) is 0.614. The molecular weight excluding hydrogens is 244 g/mol. The molecule has 1 heterocycles. The molecule has 0 unspecified atom stereocenters. The molecule has 4 N–H and O–H groups in total. The first-order chi connectivity index (χ1) is 9.08. The van der Waals surface area contributed by atoms with E-state index in [9.17, 15) is 4.79 Å². The fraction of sp³-hybridized carbons (Fsp3) is 0.231. The van der Waals surface area contributed by atoms with Gasteiger partial charge in [0.25, 0.3) is 0 Å². The van der Waals surface area contributed by atoms with Gasteiger partial charge in [-0.15, -0.1) is 0 Å². The van der Waals surface area contributed by atoms with Crippen molar-refractivity contribution < 1.29 is 9.90 Å². The van der Waals surface area contributed by atoms with Crippen molar-refractivity contribution >= 4 is 17.3 Å². The second kappa shape index (κ2) is 5.43. The molecule has 6 heteroatoms. The summed E-state index contributed by atoms with van der Waals surface area (Å²) < 4.78 is 1.79. The fourth-order valence-electron chi connectivity index (χ4n) is 1.87. The van der Waals surface area contributed by atoms with E-state index < -0.39 is 5.97 Å². The molecule has 0 amide bonds. The summed E-state index contributed by atoms with van der Waals surface area (Å²) in [5, 5.41) is 16.3. The second-order valence-electron chi connectivity index (χ2n) is 4.23. The summed E-state index contributed by atoms with van der Waals surface area (Å²) in [5.74, 6) is -0.969. The van der Waals surface area contributed by atoms with Crippen LogP contribution in [-0.4, -0.2) is 27.4 Å². The molecule has 0 bridgehead atoms. The number of nitrogens with two attached hydrogens (primary N) is 1. The number of nitrogen functional groups attached to an aromatic ring is 1. The number of carbonyl (C=O) groups is 1. The van der Waals surface area contributed by atoms with Gasteiger partial charge in [-0.25, -0.2) is 4.79 Å². The van der Waals surface area contributed by atoms with Gasteiger partial charge in [0.1, 0.15) is 0 Å². The summed E-state index contributed by atoms with van der Waals surface area (Å²) in [6, 6.07) is 6.64. The third kappa shape index (κ3) is 3.04. The Morgan fingerprint density at radius 2 is 2.26 bits per heavy atom. The molecule has 1 aromatic carbocycles. The zero-order valence-electron chi connectivity index (χ0n) is 10.6. The monoisotopic (exact) mass is 260 g/mol. The number of rotatable bonds is 5. The van der Waals surface area contributed by atoms with Crippen LogP contribution in [0.15, 0.2) is 30.5 Å². The van der Waals surface area contributed by atoms with E-state index in [4.69, 9.17) is 10.8 Å². The summed E-state index contributed by atoms with van der Waals surface area (Å²) in [5.41, 5.74) is 8.04. The summed E-state index contributed by atoms with van der Waals surface area (Å²) >= 11 is 0. The average molecular weight is 260 g/mol. The lowest BCUT2D eigenvalue weighted by Gasteiger charge is -2.10. The van der Waals surface area contributed by atoms with Crippen LogP contribution >= 0.6 is 0 Å². The van der Waals surface area contributed by atoms with Crippen LogP contribution in [0.5, 0.6) is 0 Å². The molecule has 6 nitrogen and oxygen atoms in total. The van der Waals surface area contributed by atoms with Crippen molar-refractivity contribution in [3.63, 3.8) is 0 Å². The van der Waals surface area contributed by atoms with Crippen LogP contribution in [0.25, 0.3) is 0 Å². The van der Waals surface area contributed by atoms with E-state index in [0.717, 1.165) is 12.1 Å². The largest absolute Gasteiger partial charge is 0.478 e. The van der Waals surface area contributed by atoms with Gasteiger partial charge in [-0.2, -0.15) is 5.10 Å². The first-order valence-electron chi connectivity index (χ1n) is 5.91. The van der Waals surface area contributed by atoms with Gasteiger partial charge in [-0.1, -0.05) is 0 Å². The number of benzene rings is 1. The Kier molecular flexibility index (Phi) is 3.70. The first-order valence-corrected chi connectivity index (χ1v) is 5.91. The van der Waals surface area contributed by atoms with Crippen LogP contribution < -0.4 is 11.1 Å². The highest BCUT2D eigenvalue weighted by Gasteiger charge is 2.09. The van der Waals surface area contributed by atoms with E-state index in [-0.39, 0.29) is 5.56 Å². The molecule has 0 fully saturated rings. The zero-order chi connectivity index (χ0) is 13.8. The smallest absolute Gasteiger partial charge is 0.337 e. The van der Waals surface area contributed by atoms with Gasteiger partial charge in [-0.3, -0.25) is 4.68 Å². The number of anilines is 2. The Hall–Kier alpha value is -2.50. The van der Waals surface area contributed by atoms with Crippen molar-refractivity contribution in [1.82, 2.24) is 9.78 Å². The standard InChI is InChI=1S/C13H16N4O2/c1-17-10(5-7-16-17)4-6-15-12-8-9(14)2-3-11(12)13(18)19/h2-3,5,7-8,15H,4,6,14H2,1H3,(H,18,19). The van der Waals surface area contributed by atoms with Crippen molar-refractivity contribution in [1.29, 1.82) is 0 Å². The molecule has 2 rings (SSSR count). The van der Waals surface area contributed by atoms with Crippen LogP contribution in [0, 0.1) is 0 Å². The van der Waals surface area contributed by atoms with Crippen LogP contribution in [0.2, 0.25) is 0 Å². The van der Waals surface area contributed by atoms with E-state index in [0.29, 0.717) is 17.9 Å².